The number of hydrazine groups is 1. The van der Waals surface area contributed by atoms with Gasteiger partial charge in [0.25, 0.3) is 5.91 Å². The maximum absolute atomic E-state index is 13.8. The zero-order valence-electron chi connectivity index (χ0n) is 26.5. The third-order valence-corrected chi connectivity index (χ3v) is 9.11. The van der Waals surface area contributed by atoms with Gasteiger partial charge in [0.2, 0.25) is 5.91 Å². The lowest BCUT2D eigenvalue weighted by molar-refractivity contribution is -0.151. The number of thiazole rings is 1. The Balaban J connectivity index is 1.33. The van der Waals surface area contributed by atoms with Crippen molar-refractivity contribution in [3.8, 4) is 0 Å². The van der Waals surface area contributed by atoms with Crippen LogP contribution in [0.1, 0.15) is 39.4 Å². The number of hydrogen-bond acceptors (Lipinski definition) is 14. The molecule has 0 bridgehead atoms. The quantitative estimate of drug-likeness (QED) is 0.174. The van der Waals surface area contributed by atoms with Crippen molar-refractivity contribution in [2.75, 3.05) is 36.2 Å². The molecule has 21 heteroatoms. The van der Waals surface area contributed by atoms with Crippen LogP contribution in [0.25, 0.3) is 0 Å². The van der Waals surface area contributed by atoms with E-state index in [-0.39, 0.29) is 47.5 Å². The minimum Gasteiger partial charge on any atom is -0.477 e. The van der Waals surface area contributed by atoms with Gasteiger partial charge in [-0.15, -0.1) is 23.1 Å². The van der Waals surface area contributed by atoms with Gasteiger partial charge in [0.15, 0.2) is 11.2 Å². The largest absolute Gasteiger partial charge is 0.477 e. The summed E-state index contributed by atoms with van der Waals surface area (Å²) in [6, 6.07) is -2.85. The SMILES string of the molecule is CC(=O)OCC1=C(C(=O)O)N2C(=O)[C@@H](NC(=O)C(NC(=O)N3CCN(Nc4ccoc4)C3=O)c3csc(NC(=O)OC(C)(C)C)n3)[C@H]2SC1. The van der Waals surface area contributed by atoms with Gasteiger partial charge in [-0.1, -0.05) is 0 Å². The molecule has 3 atom stereocenters. The number of rotatable bonds is 10. The minimum atomic E-state index is -1.56. The predicted molar refractivity (Wildman–Crippen MR) is 171 cm³/mol. The fourth-order valence-corrected chi connectivity index (χ4v) is 6.92. The van der Waals surface area contributed by atoms with Crippen molar-refractivity contribution >= 4 is 75.8 Å². The first-order valence-electron chi connectivity index (χ1n) is 14.6. The molecular weight excluding hydrogens is 688 g/mol. The van der Waals surface area contributed by atoms with E-state index in [1.54, 1.807) is 26.8 Å². The van der Waals surface area contributed by atoms with Crippen molar-refractivity contribution in [2.24, 2.45) is 0 Å². The molecule has 2 aromatic rings. The number of carbonyl (C=O) groups is 7. The lowest BCUT2D eigenvalue weighted by Crippen LogP contribution is -2.71. The highest BCUT2D eigenvalue weighted by atomic mass is 32.2. The van der Waals surface area contributed by atoms with Crippen LogP contribution in [-0.2, 0) is 28.7 Å². The van der Waals surface area contributed by atoms with E-state index in [1.165, 1.54) is 29.8 Å². The molecule has 3 aliphatic rings. The Morgan fingerprint density at radius 1 is 1.18 bits per heavy atom. The Morgan fingerprint density at radius 3 is 2.59 bits per heavy atom. The second kappa shape index (κ2) is 14.0. The maximum atomic E-state index is 13.8. The molecule has 7 amide bonds. The number of aliphatic carboxylic acids is 1. The van der Waals surface area contributed by atoms with Crippen molar-refractivity contribution in [2.45, 2.75) is 50.8 Å². The number of hydrogen-bond donors (Lipinski definition) is 5. The Morgan fingerprint density at radius 2 is 1.94 bits per heavy atom. The number of nitrogens with one attached hydrogen (secondary N) is 4. The molecule has 0 aliphatic carbocycles. The van der Waals surface area contributed by atoms with Gasteiger partial charge in [0.05, 0.1) is 30.7 Å². The minimum absolute atomic E-state index is 0.0309. The fourth-order valence-electron chi connectivity index (χ4n) is 4.88. The van der Waals surface area contributed by atoms with Crippen LogP contribution in [-0.4, -0.2) is 109 Å². The van der Waals surface area contributed by atoms with Gasteiger partial charge in [-0.2, -0.15) is 0 Å². The molecule has 0 spiro atoms. The van der Waals surface area contributed by atoms with Gasteiger partial charge in [0.1, 0.15) is 35.6 Å². The number of nitrogens with zero attached hydrogens (tertiary/aromatic N) is 4. The van der Waals surface area contributed by atoms with Crippen LogP contribution in [0.3, 0.4) is 0 Å². The maximum Gasteiger partial charge on any atom is 0.413 e. The van der Waals surface area contributed by atoms with Crippen LogP contribution in [0.2, 0.25) is 0 Å². The number of carboxylic acids is 1. The Kier molecular flexibility index (Phi) is 10.0. The van der Waals surface area contributed by atoms with E-state index in [9.17, 15) is 38.7 Å². The molecule has 5 rings (SSSR count). The van der Waals surface area contributed by atoms with Gasteiger partial charge >= 0.3 is 30.1 Å². The van der Waals surface area contributed by atoms with Crippen LogP contribution in [0, 0.1) is 0 Å². The molecular formula is C28H32N8O11S2. The lowest BCUT2D eigenvalue weighted by atomic mass is 10.0. The monoisotopic (exact) mass is 720 g/mol. The topological polar surface area (TPSA) is 242 Å². The predicted octanol–water partition coefficient (Wildman–Crippen LogP) is 1.90. The van der Waals surface area contributed by atoms with Crippen LogP contribution in [0.4, 0.5) is 25.2 Å². The van der Waals surface area contributed by atoms with E-state index in [4.69, 9.17) is 13.9 Å². The number of urea groups is 2. The molecule has 1 unspecified atom stereocenters. The molecule has 5 N–H and O–H groups in total. The van der Waals surface area contributed by atoms with E-state index in [0.717, 1.165) is 32.9 Å². The second-order valence-electron chi connectivity index (χ2n) is 11.7. The summed E-state index contributed by atoms with van der Waals surface area (Å²) < 4.78 is 15.2. The molecule has 0 aromatic carbocycles. The van der Waals surface area contributed by atoms with Crippen molar-refractivity contribution in [1.29, 1.82) is 0 Å². The van der Waals surface area contributed by atoms with Crippen LogP contribution in [0.5, 0.6) is 0 Å². The Hall–Kier alpha value is -5.31. The van der Waals surface area contributed by atoms with Crippen molar-refractivity contribution in [3.63, 3.8) is 0 Å². The number of carboxylic acid groups (broad SMARTS) is 1. The van der Waals surface area contributed by atoms with Crippen molar-refractivity contribution in [1.82, 2.24) is 30.4 Å². The summed E-state index contributed by atoms with van der Waals surface area (Å²) in [5, 5.41) is 19.1. The number of esters is 1. The molecule has 3 aliphatic heterocycles. The number of amides is 7. The van der Waals surface area contributed by atoms with Crippen LogP contribution in [0.15, 0.2) is 39.7 Å². The average Bonchev–Trinajstić information content (AvgIpc) is 3.78. The molecule has 2 fully saturated rings. The van der Waals surface area contributed by atoms with Gasteiger partial charge in [-0.05, 0) is 20.8 Å². The number of furan rings is 1. The lowest BCUT2D eigenvalue weighted by Gasteiger charge is -2.49. The zero-order valence-corrected chi connectivity index (χ0v) is 28.1. The summed E-state index contributed by atoms with van der Waals surface area (Å²) in [7, 11) is 0. The number of anilines is 2. The normalized spacial score (nSPS) is 19.5. The first-order valence-corrected chi connectivity index (χ1v) is 16.5. The van der Waals surface area contributed by atoms with Crippen molar-refractivity contribution in [3.05, 3.63) is 40.9 Å². The molecule has 2 aromatic heterocycles. The standard InChI is InChI=1S/C28H32N8O11S2/c1-13(37)46-9-14-11-48-22-18(21(39)36(22)19(14)23(40)41)30-20(38)17(16-12-49-24(29-16)32-26(43)47-28(2,3)4)31-25(42)34-6-7-35(27(34)44)33-15-5-8-45-10-15/h5,8,10,12,17-18,22,33H,6-7,9,11H2,1-4H3,(H,30,38)(H,31,42)(H,40,41)(H,29,32,43)/t17?,18-,22-/m1/s1. The van der Waals surface area contributed by atoms with Crippen LogP contribution < -0.4 is 21.4 Å². The average molecular weight is 721 g/mol. The third kappa shape index (κ3) is 7.88. The number of β-lactam (4-membered cyclic amide) rings is 1. The molecule has 5 heterocycles. The second-order valence-corrected chi connectivity index (χ2v) is 13.7. The highest BCUT2D eigenvalue weighted by Crippen LogP contribution is 2.40. The van der Waals surface area contributed by atoms with E-state index in [2.05, 4.69) is 26.4 Å². The fraction of sp³-hybridized carbons (Fsp3) is 0.429. The summed E-state index contributed by atoms with van der Waals surface area (Å²) in [5.74, 6) is -3.57. The van der Waals surface area contributed by atoms with E-state index < -0.39 is 65.0 Å². The van der Waals surface area contributed by atoms with Crippen LogP contribution >= 0.6 is 23.1 Å². The molecule has 0 radical (unpaired) electrons. The highest BCUT2D eigenvalue weighted by Gasteiger charge is 2.55. The van der Waals surface area contributed by atoms with Gasteiger partial charge in [-0.25, -0.2) is 34.1 Å². The molecule has 19 nitrogen and oxygen atoms in total. The summed E-state index contributed by atoms with van der Waals surface area (Å²) in [4.78, 5) is 95.2. The number of thioether (sulfide) groups is 1. The molecule has 2 saturated heterocycles. The first kappa shape index (κ1) is 35.0. The number of carbonyl (C=O) groups excluding carboxylic acids is 6. The summed E-state index contributed by atoms with van der Waals surface area (Å²) in [5.41, 5.74) is 2.32. The number of imide groups is 1. The summed E-state index contributed by atoms with van der Waals surface area (Å²) in [6.07, 6.45) is 1.95. The zero-order chi connectivity index (χ0) is 35.6. The van der Waals surface area contributed by atoms with Gasteiger partial charge in [0, 0.05) is 29.7 Å². The van der Waals surface area contributed by atoms with E-state index in [1.807, 2.05) is 0 Å². The Bertz CT molecular complexity index is 1700. The number of ether oxygens (including phenoxy) is 2. The first-order chi connectivity index (χ1) is 23.1. The number of aromatic nitrogens is 1. The molecule has 0 saturated carbocycles. The highest BCUT2D eigenvalue weighted by molar-refractivity contribution is 8.00. The van der Waals surface area contributed by atoms with E-state index in [0.29, 0.717) is 5.69 Å². The summed E-state index contributed by atoms with van der Waals surface area (Å²) in [6.45, 7) is 5.93. The third-order valence-electron chi connectivity index (χ3n) is 6.99. The number of fused-ring (bicyclic) bond motifs is 1. The van der Waals surface area contributed by atoms with E-state index >= 15 is 0 Å². The molecule has 49 heavy (non-hydrogen) atoms. The summed E-state index contributed by atoms with van der Waals surface area (Å²) >= 11 is 2.08. The molecule has 262 valence electrons. The Labute approximate surface area is 286 Å². The van der Waals surface area contributed by atoms with Gasteiger partial charge in [-0.3, -0.25) is 30.0 Å². The van der Waals surface area contributed by atoms with Crippen molar-refractivity contribution < 1.29 is 52.6 Å². The van der Waals surface area contributed by atoms with Gasteiger partial charge < -0.3 is 29.6 Å². The smallest absolute Gasteiger partial charge is 0.413 e.